The molecule has 8 heteroatoms. The van der Waals surface area contributed by atoms with Crippen LogP contribution in [0.4, 0.5) is 17.6 Å². The first-order valence-electron chi connectivity index (χ1n) is 8.01. The van der Waals surface area contributed by atoms with E-state index in [1.807, 2.05) is 4.90 Å². The minimum atomic E-state index is -4.57. The van der Waals surface area contributed by atoms with Gasteiger partial charge in [0.1, 0.15) is 5.82 Å². The van der Waals surface area contributed by atoms with Gasteiger partial charge in [-0.3, -0.25) is 14.7 Å². The number of hydrogen-bond acceptors (Lipinski definition) is 3. The van der Waals surface area contributed by atoms with E-state index in [9.17, 15) is 22.4 Å². The number of hydrazine groups is 1. The van der Waals surface area contributed by atoms with Crippen molar-refractivity contribution in [3.63, 3.8) is 0 Å². The number of benzene rings is 2. The van der Waals surface area contributed by atoms with E-state index in [2.05, 4.69) is 0 Å². The average Bonchev–Trinajstić information content (AvgIpc) is 3.07. The van der Waals surface area contributed by atoms with Gasteiger partial charge < -0.3 is 0 Å². The summed E-state index contributed by atoms with van der Waals surface area (Å²) in [4.78, 5) is 14.0. The van der Waals surface area contributed by atoms with Gasteiger partial charge in [0.2, 0.25) is 0 Å². The highest BCUT2D eigenvalue weighted by atomic mass is 19.4. The Bertz CT molecular complexity index is 910. The van der Waals surface area contributed by atoms with Gasteiger partial charge in [-0.15, -0.1) is 0 Å². The molecule has 4 nitrogen and oxygen atoms in total. The predicted octanol–water partition coefficient (Wildman–Crippen LogP) is 3.19. The monoisotopic (exact) mass is 365 g/mol. The molecule has 0 saturated carbocycles. The highest BCUT2D eigenvalue weighted by Crippen LogP contribution is 2.38. The molecule has 1 amide bonds. The van der Waals surface area contributed by atoms with Crippen LogP contribution < -0.4 is 5.84 Å². The fourth-order valence-electron chi connectivity index (χ4n) is 3.64. The molecule has 0 atom stereocenters. The fraction of sp³-hybridized carbons (Fsp3) is 0.278. The lowest BCUT2D eigenvalue weighted by Crippen LogP contribution is -2.30. The zero-order chi connectivity index (χ0) is 18.6. The third-order valence-corrected chi connectivity index (χ3v) is 4.80. The molecule has 0 aliphatic carbocycles. The van der Waals surface area contributed by atoms with Crippen LogP contribution in [0.15, 0.2) is 30.3 Å². The van der Waals surface area contributed by atoms with Crippen LogP contribution in [0.3, 0.4) is 0 Å². The summed E-state index contributed by atoms with van der Waals surface area (Å²) in [6, 6.07) is 7.05. The lowest BCUT2D eigenvalue weighted by Gasteiger charge is -2.18. The topological polar surface area (TPSA) is 49.6 Å². The summed E-state index contributed by atoms with van der Waals surface area (Å²) >= 11 is 0. The molecule has 0 bridgehead atoms. The summed E-state index contributed by atoms with van der Waals surface area (Å²) in [5.74, 6) is 4.55. The van der Waals surface area contributed by atoms with E-state index in [0.717, 1.165) is 22.2 Å². The second-order valence-electron chi connectivity index (χ2n) is 6.66. The Balaban J connectivity index is 1.65. The van der Waals surface area contributed by atoms with Crippen molar-refractivity contribution in [1.82, 2.24) is 9.91 Å². The van der Waals surface area contributed by atoms with E-state index in [0.29, 0.717) is 18.7 Å². The van der Waals surface area contributed by atoms with Crippen molar-refractivity contribution in [2.75, 3.05) is 0 Å². The predicted molar refractivity (Wildman–Crippen MR) is 84.9 cm³/mol. The van der Waals surface area contributed by atoms with E-state index >= 15 is 0 Å². The number of carbonyl (C=O) groups is 1. The Labute approximate surface area is 146 Å². The van der Waals surface area contributed by atoms with Gasteiger partial charge in [-0.1, -0.05) is 6.07 Å². The fourth-order valence-corrected chi connectivity index (χ4v) is 3.64. The van der Waals surface area contributed by atoms with Gasteiger partial charge >= 0.3 is 6.18 Å². The number of nitrogens with two attached hydrogens (primary N) is 1. The van der Waals surface area contributed by atoms with E-state index in [-0.39, 0.29) is 30.0 Å². The van der Waals surface area contributed by atoms with Crippen LogP contribution in [-0.2, 0) is 32.4 Å². The minimum Gasteiger partial charge on any atom is -0.291 e. The Kier molecular flexibility index (Phi) is 3.78. The molecule has 0 saturated heterocycles. The molecular formula is C18H15F4N3O. The van der Waals surface area contributed by atoms with Gasteiger partial charge in [-0.05, 0) is 46.5 Å². The Morgan fingerprint density at radius 3 is 2.50 bits per heavy atom. The van der Waals surface area contributed by atoms with Gasteiger partial charge in [0.25, 0.3) is 5.91 Å². The molecule has 2 aliphatic rings. The molecule has 0 unspecified atom stereocenters. The maximum atomic E-state index is 13.4. The van der Waals surface area contributed by atoms with Crippen molar-refractivity contribution in [3.05, 3.63) is 69.5 Å². The van der Waals surface area contributed by atoms with Gasteiger partial charge in [0.05, 0.1) is 12.1 Å². The zero-order valence-corrected chi connectivity index (χ0v) is 13.6. The third kappa shape index (κ3) is 2.85. The Morgan fingerprint density at radius 1 is 1.04 bits per heavy atom. The van der Waals surface area contributed by atoms with E-state index < -0.39 is 17.6 Å². The van der Waals surface area contributed by atoms with Crippen LogP contribution in [-0.4, -0.2) is 15.8 Å². The molecule has 0 radical (unpaired) electrons. The molecule has 2 aromatic carbocycles. The first-order chi connectivity index (χ1) is 12.2. The largest absolute Gasteiger partial charge is 0.416 e. The molecule has 136 valence electrons. The minimum absolute atomic E-state index is 0.0000746. The molecule has 2 aliphatic heterocycles. The molecule has 0 spiro atoms. The molecule has 2 heterocycles. The van der Waals surface area contributed by atoms with Crippen LogP contribution in [0, 0.1) is 5.82 Å². The number of rotatable bonds is 2. The molecule has 4 rings (SSSR count). The number of alkyl halides is 3. The van der Waals surface area contributed by atoms with Crippen molar-refractivity contribution in [1.29, 1.82) is 0 Å². The van der Waals surface area contributed by atoms with Crippen molar-refractivity contribution in [2.24, 2.45) is 5.84 Å². The zero-order valence-electron chi connectivity index (χ0n) is 13.6. The van der Waals surface area contributed by atoms with Crippen molar-refractivity contribution < 1.29 is 22.4 Å². The second kappa shape index (κ2) is 5.78. The number of fused-ring (bicyclic) bond motifs is 2. The first-order valence-corrected chi connectivity index (χ1v) is 8.01. The normalized spacial score (nSPS) is 17.0. The lowest BCUT2D eigenvalue weighted by molar-refractivity contribution is -0.138. The maximum absolute atomic E-state index is 13.4. The SMILES string of the molecule is NN1Cc2c(cc(CN3Cc4ccc(F)cc4C3)cc2C(F)(F)F)C1=O. The Morgan fingerprint density at radius 2 is 1.77 bits per heavy atom. The van der Waals surface area contributed by atoms with Crippen molar-refractivity contribution >= 4 is 5.91 Å². The van der Waals surface area contributed by atoms with E-state index in [1.54, 1.807) is 6.07 Å². The first kappa shape index (κ1) is 17.0. The van der Waals surface area contributed by atoms with Crippen LogP contribution in [0.5, 0.6) is 0 Å². The molecule has 2 N–H and O–H groups in total. The van der Waals surface area contributed by atoms with Crippen LogP contribution >= 0.6 is 0 Å². The smallest absolute Gasteiger partial charge is 0.291 e. The summed E-state index contributed by atoms with van der Waals surface area (Å²) in [5, 5.41) is 0.790. The van der Waals surface area contributed by atoms with Crippen LogP contribution in [0.2, 0.25) is 0 Å². The highest BCUT2D eigenvalue weighted by Gasteiger charge is 2.39. The van der Waals surface area contributed by atoms with Gasteiger partial charge in [0.15, 0.2) is 0 Å². The summed E-state index contributed by atoms with van der Waals surface area (Å²) in [7, 11) is 0. The summed E-state index contributed by atoms with van der Waals surface area (Å²) in [5.41, 5.74) is 1.25. The van der Waals surface area contributed by atoms with Gasteiger partial charge in [-0.25, -0.2) is 10.2 Å². The summed E-state index contributed by atoms with van der Waals surface area (Å²) in [6.45, 7) is 0.940. The molecule has 2 aromatic rings. The molecular weight excluding hydrogens is 350 g/mol. The third-order valence-electron chi connectivity index (χ3n) is 4.80. The second-order valence-corrected chi connectivity index (χ2v) is 6.66. The molecule has 0 aromatic heterocycles. The number of halogens is 4. The maximum Gasteiger partial charge on any atom is 0.416 e. The lowest BCUT2D eigenvalue weighted by atomic mass is 9.98. The van der Waals surface area contributed by atoms with Crippen molar-refractivity contribution in [2.45, 2.75) is 32.4 Å². The molecule has 0 fully saturated rings. The highest BCUT2D eigenvalue weighted by molar-refractivity contribution is 5.98. The number of amides is 1. The van der Waals surface area contributed by atoms with Crippen LogP contribution in [0.25, 0.3) is 0 Å². The number of nitrogens with zero attached hydrogens (tertiary/aromatic N) is 2. The Hall–Kier alpha value is -2.45. The average molecular weight is 365 g/mol. The number of hydrogen-bond donors (Lipinski definition) is 1. The van der Waals surface area contributed by atoms with Gasteiger partial charge in [0, 0.05) is 25.2 Å². The number of carbonyl (C=O) groups excluding carboxylic acids is 1. The van der Waals surface area contributed by atoms with Crippen molar-refractivity contribution in [3.8, 4) is 0 Å². The van der Waals surface area contributed by atoms with Crippen LogP contribution in [0.1, 0.15) is 38.2 Å². The molecule has 26 heavy (non-hydrogen) atoms. The van der Waals surface area contributed by atoms with E-state index in [1.165, 1.54) is 18.2 Å². The van der Waals surface area contributed by atoms with Gasteiger partial charge in [-0.2, -0.15) is 13.2 Å². The quantitative estimate of drug-likeness (QED) is 0.505. The summed E-state index contributed by atoms with van der Waals surface area (Å²) in [6.07, 6.45) is -4.57. The summed E-state index contributed by atoms with van der Waals surface area (Å²) < 4.78 is 53.6. The van der Waals surface area contributed by atoms with E-state index in [4.69, 9.17) is 5.84 Å². The standard InChI is InChI=1S/C18H15F4N3O/c19-13-2-1-11-7-24(8-12(11)5-13)6-10-3-14-15(9-25(23)17(14)26)16(4-10)18(20,21)22/h1-5H,6-9,23H2.